The monoisotopic (exact) mass is 239 g/mol. The highest BCUT2D eigenvalue weighted by molar-refractivity contribution is 6.33. The van der Waals surface area contributed by atoms with Gasteiger partial charge in [-0.25, -0.2) is 9.78 Å². The molecule has 0 aliphatic heterocycles. The molecule has 0 N–H and O–H groups in total. The lowest BCUT2D eigenvalue weighted by molar-refractivity contribution is 0.00631. The standard InChI is InChI=1S/C12H14ClNO2/c1-5-8-6-9(13)10(14-7-8)11(15)16-12(2,3)4/h5-7H,1H2,2-4H3. The van der Waals surface area contributed by atoms with E-state index in [1.54, 1.807) is 32.9 Å². The summed E-state index contributed by atoms with van der Waals surface area (Å²) in [7, 11) is 0. The molecule has 0 spiro atoms. The molecule has 86 valence electrons. The van der Waals surface area contributed by atoms with Gasteiger partial charge in [0.2, 0.25) is 0 Å². The Morgan fingerprint density at radius 1 is 1.56 bits per heavy atom. The summed E-state index contributed by atoms with van der Waals surface area (Å²) in [5.74, 6) is -0.520. The predicted molar refractivity (Wildman–Crippen MR) is 64.5 cm³/mol. The van der Waals surface area contributed by atoms with E-state index in [4.69, 9.17) is 16.3 Å². The molecule has 16 heavy (non-hydrogen) atoms. The second-order valence-electron chi connectivity index (χ2n) is 4.31. The number of hydrogen-bond donors (Lipinski definition) is 0. The Kier molecular flexibility index (Phi) is 3.70. The van der Waals surface area contributed by atoms with Gasteiger partial charge < -0.3 is 4.74 Å². The fourth-order valence-electron chi connectivity index (χ4n) is 1.04. The van der Waals surface area contributed by atoms with E-state index in [9.17, 15) is 4.79 Å². The topological polar surface area (TPSA) is 39.2 Å². The van der Waals surface area contributed by atoms with Crippen LogP contribution >= 0.6 is 11.6 Å². The fourth-order valence-corrected chi connectivity index (χ4v) is 1.29. The minimum atomic E-state index is -0.556. The van der Waals surface area contributed by atoms with Gasteiger partial charge in [-0.1, -0.05) is 24.3 Å². The van der Waals surface area contributed by atoms with Crippen molar-refractivity contribution in [3.63, 3.8) is 0 Å². The fraction of sp³-hybridized carbons (Fsp3) is 0.333. The highest BCUT2D eigenvalue weighted by Crippen LogP contribution is 2.19. The van der Waals surface area contributed by atoms with Gasteiger partial charge in [-0.05, 0) is 32.4 Å². The maximum atomic E-state index is 11.7. The van der Waals surface area contributed by atoms with Crippen LogP contribution in [0.3, 0.4) is 0 Å². The Morgan fingerprint density at radius 3 is 2.62 bits per heavy atom. The van der Waals surface area contributed by atoms with Crippen LogP contribution in [0.5, 0.6) is 0 Å². The average molecular weight is 240 g/mol. The number of halogens is 1. The normalized spacial score (nSPS) is 11.0. The lowest BCUT2D eigenvalue weighted by Gasteiger charge is -2.19. The van der Waals surface area contributed by atoms with Crippen LogP contribution in [0.25, 0.3) is 6.08 Å². The zero-order valence-corrected chi connectivity index (χ0v) is 10.3. The van der Waals surface area contributed by atoms with Crippen LogP contribution in [-0.4, -0.2) is 16.6 Å². The summed E-state index contributed by atoms with van der Waals surface area (Å²) in [4.78, 5) is 15.6. The van der Waals surface area contributed by atoms with E-state index in [-0.39, 0.29) is 10.7 Å². The van der Waals surface area contributed by atoms with E-state index in [1.807, 2.05) is 0 Å². The van der Waals surface area contributed by atoms with Gasteiger partial charge in [0.15, 0.2) is 5.69 Å². The zero-order chi connectivity index (χ0) is 12.3. The molecule has 1 heterocycles. The number of aromatic nitrogens is 1. The van der Waals surface area contributed by atoms with Crippen molar-refractivity contribution in [3.8, 4) is 0 Å². The van der Waals surface area contributed by atoms with E-state index in [0.29, 0.717) is 0 Å². The molecule has 0 amide bonds. The molecule has 0 atom stereocenters. The number of pyridine rings is 1. The molecule has 3 nitrogen and oxygen atoms in total. The van der Waals surface area contributed by atoms with E-state index in [0.717, 1.165) is 5.56 Å². The molecule has 0 saturated carbocycles. The van der Waals surface area contributed by atoms with E-state index >= 15 is 0 Å². The second kappa shape index (κ2) is 4.66. The second-order valence-corrected chi connectivity index (χ2v) is 4.71. The van der Waals surface area contributed by atoms with Crippen molar-refractivity contribution in [1.29, 1.82) is 0 Å². The molecule has 0 radical (unpaired) electrons. The third-order valence-corrected chi connectivity index (χ3v) is 1.98. The molecule has 4 heteroatoms. The minimum Gasteiger partial charge on any atom is -0.455 e. The van der Waals surface area contributed by atoms with Crippen molar-refractivity contribution in [1.82, 2.24) is 4.98 Å². The van der Waals surface area contributed by atoms with Crippen LogP contribution in [0.15, 0.2) is 18.8 Å². The number of hydrogen-bond acceptors (Lipinski definition) is 3. The average Bonchev–Trinajstić information content (AvgIpc) is 2.14. The summed E-state index contributed by atoms with van der Waals surface area (Å²) in [5, 5.41) is 0.270. The van der Waals surface area contributed by atoms with Gasteiger partial charge in [-0.3, -0.25) is 0 Å². The number of carbonyl (C=O) groups is 1. The lowest BCUT2D eigenvalue weighted by Crippen LogP contribution is -2.24. The van der Waals surface area contributed by atoms with E-state index < -0.39 is 11.6 Å². The third kappa shape index (κ3) is 3.35. The molecular formula is C12H14ClNO2. The van der Waals surface area contributed by atoms with Crippen LogP contribution in [0.1, 0.15) is 36.8 Å². The Bertz CT molecular complexity index is 422. The van der Waals surface area contributed by atoms with Crippen molar-refractivity contribution < 1.29 is 9.53 Å². The predicted octanol–water partition coefficient (Wildman–Crippen LogP) is 3.33. The smallest absolute Gasteiger partial charge is 0.359 e. The molecule has 0 aliphatic rings. The van der Waals surface area contributed by atoms with Gasteiger partial charge in [-0.15, -0.1) is 0 Å². The van der Waals surface area contributed by atoms with Gasteiger partial charge >= 0.3 is 5.97 Å². The SMILES string of the molecule is C=Cc1cnc(C(=O)OC(C)(C)C)c(Cl)c1. The number of nitrogens with zero attached hydrogens (tertiary/aromatic N) is 1. The summed E-state index contributed by atoms with van der Waals surface area (Å²) in [6, 6.07) is 1.63. The Morgan fingerprint density at radius 2 is 2.19 bits per heavy atom. The van der Waals surface area contributed by atoms with Crippen LogP contribution in [-0.2, 0) is 4.74 Å². The van der Waals surface area contributed by atoms with Crippen molar-refractivity contribution in [2.75, 3.05) is 0 Å². The molecule has 1 rings (SSSR count). The van der Waals surface area contributed by atoms with E-state index in [2.05, 4.69) is 11.6 Å². The first-order chi connectivity index (χ1) is 7.33. The molecule has 0 saturated heterocycles. The quantitative estimate of drug-likeness (QED) is 0.743. The number of carbonyl (C=O) groups excluding carboxylic acids is 1. The number of rotatable bonds is 2. The Labute approximate surface area is 100 Å². The summed E-state index contributed by atoms with van der Waals surface area (Å²) in [5.41, 5.74) is 0.332. The first kappa shape index (κ1) is 12.7. The molecule has 0 aromatic carbocycles. The van der Waals surface area contributed by atoms with Crippen molar-refractivity contribution in [2.45, 2.75) is 26.4 Å². The molecule has 1 aromatic rings. The van der Waals surface area contributed by atoms with Crippen LogP contribution < -0.4 is 0 Å². The van der Waals surface area contributed by atoms with Gasteiger partial charge in [0.05, 0.1) is 5.02 Å². The van der Waals surface area contributed by atoms with Gasteiger partial charge in [0.25, 0.3) is 0 Å². The van der Waals surface area contributed by atoms with Crippen molar-refractivity contribution in [2.24, 2.45) is 0 Å². The zero-order valence-electron chi connectivity index (χ0n) is 9.58. The minimum absolute atomic E-state index is 0.127. The molecule has 0 fully saturated rings. The molecule has 0 aliphatic carbocycles. The number of esters is 1. The third-order valence-electron chi connectivity index (χ3n) is 1.69. The van der Waals surface area contributed by atoms with E-state index in [1.165, 1.54) is 6.20 Å². The largest absolute Gasteiger partial charge is 0.455 e. The maximum Gasteiger partial charge on any atom is 0.359 e. The first-order valence-electron chi connectivity index (χ1n) is 4.85. The van der Waals surface area contributed by atoms with Crippen LogP contribution in [0, 0.1) is 0 Å². The molecule has 0 unspecified atom stereocenters. The Balaban J connectivity index is 2.97. The van der Waals surface area contributed by atoms with Gasteiger partial charge in [0.1, 0.15) is 5.60 Å². The first-order valence-corrected chi connectivity index (χ1v) is 5.22. The summed E-state index contributed by atoms with van der Waals surface area (Å²) >= 11 is 5.92. The summed E-state index contributed by atoms with van der Waals surface area (Å²) in [6.07, 6.45) is 3.13. The van der Waals surface area contributed by atoms with Crippen LogP contribution in [0.4, 0.5) is 0 Å². The van der Waals surface area contributed by atoms with Crippen LogP contribution in [0.2, 0.25) is 5.02 Å². The lowest BCUT2D eigenvalue weighted by atomic mass is 10.2. The maximum absolute atomic E-state index is 11.7. The van der Waals surface area contributed by atoms with Crippen molar-refractivity contribution in [3.05, 3.63) is 35.1 Å². The molecular weight excluding hydrogens is 226 g/mol. The van der Waals surface area contributed by atoms with Crippen molar-refractivity contribution >= 4 is 23.6 Å². The summed E-state index contributed by atoms with van der Waals surface area (Å²) in [6.45, 7) is 8.96. The Hall–Kier alpha value is -1.35. The number of ether oxygens (including phenoxy) is 1. The van der Waals surface area contributed by atoms with Gasteiger partial charge in [0, 0.05) is 6.20 Å². The van der Waals surface area contributed by atoms with Gasteiger partial charge in [-0.2, -0.15) is 0 Å². The highest BCUT2D eigenvalue weighted by Gasteiger charge is 2.21. The summed E-state index contributed by atoms with van der Waals surface area (Å²) < 4.78 is 5.17. The highest BCUT2D eigenvalue weighted by atomic mass is 35.5. The molecule has 0 bridgehead atoms. The molecule has 1 aromatic heterocycles.